The Morgan fingerprint density at radius 1 is 1.00 bits per heavy atom. The first-order valence-electron chi connectivity index (χ1n) is 6.24. The van der Waals surface area contributed by atoms with Crippen LogP contribution in [0.1, 0.15) is 5.56 Å². The molecule has 0 saturated heterocycles. The molecule has 0 aromatic heterocycles. The van der Waals surface area contributed by atoms with Gasteiger partial charge in [0.2, 0.25) is 9.84 Å². The summed E-state index contributed by atoms with van der Waals surface area (Å²) in [7, 11) is -8.59. The molecule has 0 aliphatic rings. The fraction of sp³-hybridized carbons (Fsp3) is 0.0769. The molecule has 2 aromatic rings. The molecule has 0 aliphatic heterocycles. The van der Waals surface area contributed by atoms with Gasteiger partial charge in [0.15, 0.2) is 0 Å². The van der Waals surface area contributed by atoms with E-state index < -0.39 is 24.9 Å². The summed E-state index contributed by atoms with van der Waals surface area (Å²) in [5.74, 6) is 0. The van der Waals surface area contributed by atoms with E-state index in [2.05, 4.69) is 9.37 Å². The lowest BCUT2D eigenvalue weighted by Crippen LogP contribution is -2.06. The monoisotopic (exact) mass is 392 g/mol. The Bertz CT molecular complexity index is 951. The van der Waals surface area contributed by atoms with E-state index in [1.807, 2.05) is 0 Å². The molecule has 0 heterocycles. The normalized spacial score (nSPS) is 12.3. The Hall–Kier alpha value is -1.47. The second-order valence-corrected chi connectivity index (χ2v) is 8.72. The van der Waals surface area contributed by atoms with Gasteiger partial charge in [-0.3, -0.25) is 4.55 Å². The lowest BCUT2D eigenvalue weighted by Gasteiger charge is -2.09. The molecule has 0 bridgehead atoms. The van der Waals surface area contributed by atoms with E-state index in [1.54, 1.807) is 0 Å². The molecule has 8 nitrogen and oxygen atoms in total. The van der Waals surface area contributed by atoms with Gasteiger partial charge < -0.3 is 0 Å². The van der Waals surface area contributed by atoms with Gasteiger partial charge in [-0.15, -0.1) is 4.33 Å². The summed E-state index contributed by atoms with van der Waals surface area (Å²) in [5, 5.41) is 11.6. The Kier molecular flexibility index (Phi) is 5.65. The fourth-order valence-electron chi connectivity index (χ4n) is 1.91. The highest BCUT2D eigenvalue weighted by Gasteiger charge is 2.22. The van der Waals surface area contributed by atoms with Crippen molar-refractivity contribution < 1.29 is 36.0 Å². The van der Waals surface area contributed by atoms with Crippen LogP contribution in [0.4, 0.5) is 0 Å². The Balaban J connectivity index is 2.52. The van der Waals surface area contributed by atoms with Crippen molar-refractivity contribution in [3.63, 3.8) is 0 Å². The number of rotatable bonds is 6. The van der Waals surface area contributed by atoms with Gasteiger partial charge in [0, 0.05) is 4.90 Å². The van der Waals surface area contributed by atoms with Crippen LogP contribution in [0.2, 0.25) is 0 Å². The molecule has 2 rings (SSSR count). The first kappa shape index (κ1) is 18.9. The smallest absolute Gasteiger partial charge is 0.282 e. The minimum atomic E-state index is -4.55. The van der Waals surface area contributed by atoms with E-state index in [4.69, 9.17) is 5.26 Å². The van der Waals surface area contributed by atoms with Gasteiger partial charge >= 0.3 is 0 Å². The van der Waals surface area contributed by atoms with Crippen molar-refractivity contribution in [1.29, 1.82) is 0 Å². The van der Waals surface area contributed by atoms with Gasteiger partial charge in [0.25, 0.3) is 10.1 Å². The first-order valence-corrected chi connectivity index (χ1v) is 9.91. The lowest BCUT2D eigenvalue weighted by atomic mass is 10.2. The Morgan fingerprint density at radius 2 is 1.67 bits per heavy atom. The maximum Gasteiger partial charge on any atom is 0.294 e. The van der Waals surface area contributed by atoms with E-state index in [0.29, 0.717) is 16.9 Å². The third kappa shape index (κ3) is 4.13. The molecule has 0 amide bonds. The van der Waals surface area contributed by atoms with Crippen LogP contribution in [0, 0.1) is 6.92 Å². The summed E-state index contributed by atoms with van der Waals surface area (Å²) in [5.41, 5.74) is 0.217. The third-order valence-electron chi connectivity index (χ3n) is 3.02. The number of aryl methyl sites for hydroxylation is 1. The molecular weight excluding hydrogens is 380 g/mol. The van der Waals surface area contributed by atoms with Crippen molar-refractivity contribution in [3.05, 3.63) is 48.0 Å². The molecule has 130 valence electrons. The second kappa shape index (κ2) is 7.19. The topological polar surface area (TPSA) is 127 Å². The molecule has 0 spiro atoms. The molecule has 2 N–H and O–H groups in total. The zero-order valence-corrected chi connectivity index (χ0v) is 14.6. The zero-order valence-electron chi connectivity index (χ0n) is 12.1. The molecule has 0 saturated carbocycles. The maximum atomic E-state index is 12.6. The average Bonchev–Trinajstić information content (AvgIpc) is 2.52. The molecule has 0 atom stereocenters. The summed E-state index contributed by atoms with van der Waals surface area (Å²) < 4.78 is 61.4. The van der Waals surface area contributed by atoms with Gasteiger partial charge in [0.1, 0.15) is 0 Å². The summed E-state index contributed by atoms with van der Waals surface area (Å²) in [6.07, 6.45) is 0. The molecule has 0 unspecified atom stereocenters. The first-order chi connectivity index (χ1) is 11.2. The maximum absolute atomic E-state index is 12.6. The van der Waals surface area contributed by atoms with Crippen LogP contribution in [0.3, 0.4) is 0 Å². The van der Waals surface area contributed by atoms with Crippen molar-refractivity contribution in [2.75, 3.05) is 0 Å². The van der Waals surface area contributed by atoms with Crippen molar-refractivity contribution in [3.8, 4) is 0 Å². The minimum absolute atomic E-state index is 0.126. The number of benzene rings is 2. The molecule has 24 heavy (non-hydrogen) atoms. The van der Waals surface area contributed by atoms with Crippen molar-refractivity contribution in [2.45, 2.75) is 26.5 Å². The third-order valence-corrected chi connectivity index (χ3v) is 6.34. The quantitative estimate of drug-likeness (QED) is 0.330. The molecule has 0 radical (unpaired) electrons. The van der Waals surface area contributed by atoms with Crippen LogP contribution < -0.4 is 0 Å². The van der Waals surface area contributed by atoms with Crippen LogP contribution in [0.25, 0.3) is 0 Å². The Labute approximate surface area is 142 Å². The number of hydrogen-bond acceptors (Lipinski definition) is 8. The predicted molar refractivity (Wildman–Crippen MR) is 83.5 cm³/mol. The molecule has 2 aromatic carbocycles. The average molecular weight is 392 g/mol. The molecule has 0 aliphatic carbocycles. The largest absolute Gasteiger partial charge is 0.294 e. The van der Waals surface area contributed by atoms with Crippen molar-refractivity contribution in [2.24, 2.45) is 0 Å². The van der Waals surface area contributed by atoms with E-state index in [1.165, 1.54) is 43.3 Å². The van der Waals surface area contributed by atoms with Gasteiger partial charge in [-0.25, -0.2) is 13.7 Å². The molecular formula is C13H12O8S3. The van der Waals surface area contributed by atoms with E-state index >= 15 is 0 Å². The van der Waals surface area contributed by atoms with Gasteiger partial charge in [0.05, 0.1) is 26.7 Å². The van der Waals surface area contributed by atoms with Crippen molar-refractivity contribution >= 4 is 32.0 Å². The summed E-state index contributed by atoms with van der Waals surface area (Å²) >= 11 is 0.583. The SMILES string of the molecule is Cc1ccc(S(=O)(=O)c2cccc(SOOO)c2)cc1S(=O)(=O)O. The van der Waals surface area contributed by atoms with E-state index in [0.717, 1.165) is 6.07 Å². The van der Waals surface area contributed by atoms with Crippen LogP contribution in [0.15, 0.2) is 62.0 Å². The lowest BCUT2D eigenvalue weighted by molar-refractivity contribution is -0.432. The molecule has 11 heteroatoms. The van der Waals surface area contributed by atoms with E-state index in [9.17, 15) is 21.4 Å². The van der Waals surface area contributed by atoms with Gasteiger partial charge in [-0.05, 0) is 42.8 Å². The van der Waals surface area contributed by atoms with Crippen LogP contribution in [-0.4, -0.2) is 26.6 Å². The summed E-state index contributed by atoms with van der Waals surface area (Å²) in [4.78, 5) is -0.570. The van der Waals surface area contributed by atoms with Crippen LogP contribution >= 0.6 is 12.0 Å². The summed E-state index contributed by atoms with van der Waals surface area (Å²) in [6.45, 7) is 1.43. The Morgan fingerprint density at radius 3 is 2.29 bits per heavy atom. The van der Waals surface area contributed by atoms with Gasteiger partial charge in [-0.1, -0.05) is 17.2 Å². The fourth-order valence-corrected chi connectivity index (χ4v) is 4.56. The molecule has 0 fully saturated rings. The highest BCUT2D eigenvalue weighted by Crippen LogP contribution is 2.28. The highest BCUT2D eigenvalue weighted by molar-refractivity contribution is 7.94. The second-order valence-electron chi connectivity index (χ2n) is 4.61. The standard InChI is InChI=1S/C13H12O8S3/c1-9-5-6-12(8-13(9)24(17,18)19)23(15,16)11-4-2-3-10(7-11)22-21-20-14/h2-8,14H,1H3,(H,17,18,19). The van der Waals surface area contributed by atoms with Crippen molar-refractivity contribution in [1.82, 2.24) is 0 Å². The van der Waals surface area contributed by atoms with E-state index in [-0.39, 0.29) is 15.4 Å². The zero-order chi connectivity index (χ0) is 18.0. The number of sulfone groups is 1. The van der Waals surface area contributed by atoms with Crippen LogP contribution in [0.5, 0.6) is 0 Å². The highest BCUT2D eigenvalue weighted by atomic mass is 32.2. The van der Waals surface area contributed by atoms with Crippen LogP contribution in [-0.2, 0) is 29.3 Å². The van der Waals surface area contributed by atoms with Gasteiger partial charge in [-0.2, -0.15) is 8.42 Å². The number of hydrogen-bond donors (Lipinski definition) is 2. The predicted octanol–water partition coefficient (Wildman–Crippen LogP) is 2.50. The summed E-state index contributed by atoms with van der Waals surface area (Å²) in [6, 6.07) is 8.95. The minimum Gasteiger partial charge on any atom is -0.282 e.